The lowest BCUT2D eigenvalue weighted by Gasteiger charge is -2.14. The zero-order chi connectivity index (χ0) is 22.1. The molecule has 0 fully saturated rings. The van der Waals surface area contributed by atoms with Gasteiger partial charge in [-0.05, 0) is 13.5 Å². The van der Waals surface area contributed by atoms with Crippen LogP contribution in [0.5, 0.6) is 0 Å². The standard InChI is InChI=1S/C23H48NO5P/c1-4-5-6-7-8-9-10-11-12-13-14-15-16-18-23(25)27-20-17-21-28-30(26-3)29-22-19-24-2/h24H,4-22H2,1-3H3. The Kier molecular flexibility index (Phi) is 24.8. The first-order valence-electron chi connectivity index (χ1n) is 12.1. The third-order valence-electron chi connectivity index (χ3n) is 4.93. The van der Waals surface area contributed by atoms with Crippen molar-refractivity contribution in [3.8, 4) is 0 Å². The minimum atomic E-state index is -1.31. The quantitative estimate of drug-likeness (QED) is 0.103. The second-order valence-electron chi connectivity index (χ2n) is 7.74. The molecule has 1 atom stereocenters. The zero-order valence-electron chi connectivity index (χ0n) is 19.9. The monoisotopic (exact) mass is 449 g/mol. The van der Waals surface area contributed by atoms with Crippen LogP contribution < -0.4 is 5.32 Å². The molecule has 180 valence electrons. The summed E-state index contributed by atoms with van der Waals surface area (Å²) < 4.78 is 21.3. The van der Waals surface area contributed by atoms with Crippen molar-refractivity contribution in [3.63, 3.8) is 0 Å². The molecule has 0 heterocycles. The Labute approximate surface area is 187 Å². The molecule has 0 spiro atoms. The number of carbonyl (C=O) groups is 1. The van der Waals surface area contributed by atoms with Gasteiger partial charge < -0.3 is 23.6 Å². The normalized spacial score (nSPS) is 12.2. The van der Waals surface area contributed by atoms with E-state index in [1.807, 2.05) is 7.05 Å². The third-order valence-corrected chi connectivity index (χ3v) is 6.02. The highest BCUT2D eigenvalue weighted by Gasteiger charge is 2.10. The van der Waals surface area contributed by atoms with Crippen molar-refractivity contribution in [1.29, 1.82) is 0 Å². The topological polar surface area (TPSA) is 66.0 Å². The molecule has 0 aliphatic heterocycles. The molecule has 0 saturated carbocycles. The average molecular weight is 450 g/mol. The van der Waals surface area contributed by atoms with Crippen LogP contribution in [0.1, 0.15) is 103 Å². The Balaban J connectivity index is 3.30. The van der Waals surface area contributed by atoms with E-state index in [1.165, 1.54) is 70.6 Å². The number of nitrogens with one attached hydrogen (secondary N) is 1. The van der Waals surface area contributed by atoms with E-state index < -0.39 is 8.60 Å². The molecule has 6 nitrogen and oxygen atoms in total. The van der Waals surface area contributed by atoms with E-state index in [2.05, 4.69) is 12.2 Å². The molecule has 0 aromatic heterocycles. The SMILES string of the molecule is CCCCCCCCCCCCCCCC(=O)OCCCOP(OC)OCCNC. The highest BCUT2D eigenvalue weighted by Crippen LogP contribution is 2.38. The summed E-state index contributed by atoms with van der Waals surface area (Å²) in [7, 11) is 2.13. The number of carbonyl (C=O) groups excluding carboxylic acids is 1. The molecule has 0 rings (SSSR count). The van der Waals surface area contributed by atoms with Crippen LogP contribution in [-0.4, -0.2) is 46.5 Å². The maximum absolute atomic E-state index is 11.8. The number of likely N-dealkylation sites (N-methyl/N-ethyl adjacent to an activating group) is 1. The van der Waals surface area contributed by atoms with E-state index in [9.17, 15) is 4.79 Å². The molecule has 30 heavy (non-hydrogen) atoms. The first kappa shape index (κ1) is 29.7. The second-order valence-corrected chi connectivity index (χ2v) is 9.07. The molecule has 1 N–H and O–H groups in total. The summed E-state index contributed by atoms with van der Waals surface area (Å²) in [6, 6.07) is 0. The molecular weight excluding hydrogens is 401 g/mol. The van der Waals surface area contributed by atoms with Gasteiger partial charge >= 0.3 is 14.6 Å². The van der Waals surface area contributed by atoms with Crippen LogP contribution in [0.15, 0.2) is 0 Å². The van der Waals surface area contributed by atoms with Gasteiger partial charge in [-0.2, -0.15) is 0 Å². The van der Waals surface area contributed by atoms with Gasteiger partial charge in [-0.25, -0.2) is 0 Å². The maximum atomic E-state index is 11.8. The average Bonchev–Trinajstić information content (AvgIpc) is 2.75. The van der Waals surface area contributed by atoms with Crippen molar-refractivity contribution in [3.05, 3.63) is 0 Å². The molecule has 0 amide bonds. The van der Waals surface area contributed by atoms with Gasteiger partial charge in [-0.3, -0.25) is 4.79 Å². The lowest BCUT2D eigenvalue weighted by molar-refractivity contribution is -0.144. The highest BCUT2D eigenvalue weighted by molar-refractivity contribution is 7.41. The van der Waals surface area contributed by atoms with E-state index in [0.29, 0.717) is 32.7 Å². The Hall–Kier alpha value is -0.260. The Bertz CT molecular complexity index is 360. The van der Waals surface area contributed by atoms with Gasteiger partial charge in [0.1, 0.15) is 0 Å². The Morgan fingerprint density at radius 2 is 1.27 bits per heavy atom. The van der Waals surface area contributed by atoms with Gasteiger partial charge in [0.15, 0.2) is 0 Å². The van der Waals surface area contributed by atoms with E-state index in [-0.39, 0.29) is 5.97 Å². The lowest BCUT2D eigenvalue weighted by Crippen LogP contribution is -2.13. The smallest absolute Gasteiger partial charge is 0.332 e. The molecule has 0 aliphatic carbocycles. The molecule has 0 aromatic rings. The summed E-state index contributed by atoms with van der Waals surface area (Å²) in [5, 5.41) is 3.00. The van der Waals surface area contributed by atoms with E-state index in [4.69, 9.17) is 18.3 Å². The van der Waals surface area contributed by atoms with Crippen molar-refractivity contribution < 1.29 is 23.1 Å². The van der Waals surface area contributed by atoms with Gasteiger partial charge in [0.25, 0.3) is 0 Å². The van der Waals surface area contributed by atoms with E-state index in [0.717, 1.165) is 19.4 Å². The molecule has 1 unspecified atom stereocenters. The van der Waals surface area contributed by atoms with Crippen LogP contribution >= 0.6 is 8.60 Å². The van der Waals surface area contributed by atoms with E-state index in [1.54, 1.807) is 7.11 Å². The minimum absolute atomic E-state index is 0.0997. The van der Waals surface area contributed by atoms with Crippen LogP contribution in [0, 0.1) is 0 Å². The molecule has 0 aliphatic rings. The van der Waals surface area contributed by atoms with Crippen LogP contribution in [-0.2, 0) is 23.1 Å². The fourth-order valence-electron chi connectivity index (χ4n) is 3.11. The van der Waals surface area contributed by atoms with Crippen LogP contribution in [0.3, 0.4) is 0 Å². The number of unbranched alkanes of at least 4 members (excludes halogenated alkanes) is 12. The predicted octanol–water partition coefficient (Wildman–Crippen LogP) is 6.53. The number of hydrogen-bond donors (Lipinski definition) is 1. The number of ether oxygens (including phenoxy) is 1. The number of hydrogen-bond acceptors (Lipinski definition) is 6. The van der Waals surface area contributed by atoms with Crippen molar-refractivity contribution >= 4 is 14.6 Å². The summed E-state index contributed by atoms with van der Waals surface area (Å²) in [4.78, 5) is 11.8. The molecule has 0 bridgehead atoms. The fraction of sp³-hybridized carbons (Fsp3) is 0.957. The third kappa shape index (κ3) is 22.4. The first-order valence-corrected chi connectivity index (χ1v) is 13.2. The molecule has 0 aromatic carbocycles. The number of rotatable bonds is 24. The Morgan fingerprint density at radius 3 is 1.80 bits per heavy atom. The fourth-order valence-corrected chi connectivity index (χ4v) is 3.91. The highest BCUT2D eigenvalue weighted by atomic mass is 31.2. The second kappa shape index (κ2) is 25.0. The lowest BCUT2D eigenvalue weighted by atomic mass is 10.0. The summed E-state index contributed by atoms with van der Waals surface area (Å²) in [5.41, 5.74) is 0. The summed E-state index contributed by atoms with van der Waals surface area (Å²) in [6.07, 6.45) is 18.2. The van der Waals surface area contributed by atoms with Crippen LogP contribution in [0.4, 0.5) is 0 Å². The van der Waals surface area contributed by atoms with Gasteiger partial charge in [-0.1, -0.05) is 84.0 Å². The Morgan fingerprint density at radius 1 is 0.733 bits per heavy atom. The summed E-state index contributed by atoms with van der Waals surface area (Å²) >= 11 is 0. The molecule has 0 radical (unpaired) electrons. The van der Waals surface area contributed by atoms with Crippen molar-refractivity contribution in [2.75, 3.05) is 40.5 Å². The largest absolute Gasteiger partial charge is 0.466 e. The van der Waals surface area contributed by atoms with Gasteiger partial charge in [0, 0.05) is 26.5 Å². The summed E-state index contributed by atoms with van der Waals surface area (Å²) in [5.74, 6) is -0.0997. The van der Waals surface area contributed by atoms with Gasteiger partial charge in [0.2, 0.25) is 0 Å². The van der Waals surface area contributed by atoms with E-state index >= 15 is 0 Å². The maximum Gasteiger partial charge on any atom is 0.332 e. The van der Waals surface area contributed by atoms with Gasteiger partial charge in [0.05, 0.1) is 19.8 Å². The minimum Gasteiger partial charge on any atom is -0.466 e. The zero-order valence-corrected chi connectivity index (χ0v) is 20.8. The van der Waals surface area contributed by atoms with Crippen molar-refractivity contribution in [2.45, 2.75) is 103 Å². The predicted molar refractivity (Wildman–Crippen MR) is 126 cm³/mol. The van der Waals surface area contributed by atoms with Gasteiger partial charge in [-0.15, -0.1) is 0 Å². The van der Waals surface area contributed by atoms with Crippen LogP contribution in [0.25, 0.3) is 0 Å². The first-order chi connectivity index (χ1) is 14.7. The van der Waals surface area contributed by atoms with Crippen molar-refractivity contribution in [2.24, 2.45) is 0 Å². The molecular formula is C23H48NO5P. The molecule has 7 heteroatoms. The molecule has 0 saturated heterocycles. The number of esters is 1. The van der Waals surface area contributed by atoms with Crippen molar-refractivity contribution in [1.82, 2.24) is 5.32 Å². The summed E-state index contributed by atoms with van der Waals surface area (Å²) in [6.45, 7) is 4.42. The van der Waals surface area contributed by atoms with Crippen LogP contribution in [0.2, 0.25) is 0 Å².